The lowest BCUT2D eigenvalue weighted by Gasteiger charge is -2.09. The molecule has 0 unspecified atom stereocenters. The van der Waals surface area contributed by atoms with Crippen LogP contribution in [0.5, 0.6) is 0 Å². The maximum absolute atomic E-state index is 12.0. The van der Waals surface area contributed by atoms with Gasteiger partial charge in [0, 0.05) is 15.6 Å². The lowest BCUT2D eigenvalue weighted by atomic mass is 10.1. The van der Waals surface area contributed by atoms with E-state index in [0.717, 1.165) is 4.47 Å². The van der Waals surface area contributed by atoms with E-state index < -0.39 is 0 Å². The first-order chi connectivity index (χ1) is 9.08. The van der Waals surface area contributed by atoms with Gasteiger partial charge in [-0.3, -0.25) is 9.59 Å². The van der Waals surface area contributed by atoms with Gasteiger partial charge < -0.3 is 5.32 Å². The number of Topliss-reactive ketones (excluding diaryl/α,β-unsaturated/α-hetero) is 1. The van der Waals surface area contributed by atoms with Gasteiger partial charge in [-0.05, 0) is 37.3 Å². The molecule has 0 saturated carbocycles. The van der Waals surface area contributed by atoms with Crippen molar-refractivity contribution in [3.8, 4) is 0 Å². The van der Waals surface area contributed by atoms with Crippen molar-refractivity contribution < 1.29 is 9.59 Å². The number of anilines is 1. The number of halogens is 1. The van der Waals surface area contributed by atoms with Crippen molar-refractivity contribution in [2.75, 3.05) is 5.32 Å². The number of hydrogen-bond acceptors (Lipinski definition) is 2. The van der Waals surface area contributed by atoms with Crippen molar-refractivity contribution in [2.24, 2.45) is 0 Å². The van der Waals surface area contributed by atoms with Crippen LogP contribution in [0.25, 0.3) is 0 Å². The predicted octanol–water partition coefficient (Wildman–Crippen LogP) is 3.90. The average molecular weight is 318 g/mol. The summed E-state index contributed by atoms with van der Waals surface area (Å²) in [4.78, 5) is 23.6. The zero-order valence-corrected chi connectivity index (χ0v) is 11.9. The number of nitrogens with one attached hydrogen (secondary N) is 1. The van der Waals surface area contributed by atoms with Gasteiger partial charge in [-0.15, -0.1) is 0 Å². The van der Waals surface area contributed by atoms with E-state index in [-0.39, 0.29) is 11.7 Å². The van der Waals surface area contributed by atoms with E-state index in [2.05, 4.69) is 21.2 Å². The van der Waals surface area contributed by atoms with E-state index in [1.165, 1.54) is 6.92 Å². The molecule has 0 spiro atoms. The standard InChI is InChI=1S/C15H12BrNO2/c1-10(18)13-9-12(16)7-8-14(13)17-15(19)11-5-3-2-4-6-11/h2-9H,1H3,(H,17,19). The molecular formula is C15H12BrNO2. The number of carbonyl (C=O) groups excluding carboxylic acids is 2. The lowest BCUT2D eigenvalue weighted by molar-refractivity contribution is 0.101. The van der Waals surface area contributed by atoms with Crippen LogP contribution in [-0.4, -0.2) is 11.7 Å². The molecule has 0 fully saturated rings. The van der Waals surface area contributed by atoms with Crippen molar-refractivity contribution >= 4 is 33.3 Å². The monoisotopic (exact) mass is 317 g/mol. The van der Waals surface area contributed by atoms with Crippen LogP contribution in [0.1, 0.15) is 27.6 Å². The second kappa shape index (κ2) is 5.80. The molecule has 0 heterocycles. The summed E-state index contributed by atoms with van der Waals surface area (Å²) in [5.74, 6) is -0.324. The Hall–Kier alpha value is -1.94. The van der Waals surface area contributed by atoms with Gasteiger partial charge in [0.05, 0.1) is 5.69 Å². The minimum atomic E-state index is -0.231. The molecule has 0 aliphatic rings. The van der Waals surface area contributed by atoms with Gasteiger partial charge in [0.15, 0.2) is 5.78 Å². The maximum Gasteiger partial charge on any atom is 0.255 e. The summed E-state index contributed by atoms with van der Waals surface area (Å²) in [5.41, 5.74) is 1.56. The minimum absolute atomic E-state index is 0.0929. The molecule has 4 heteroatoms. The first kappa shape index (κ1) is 13.5. The summed E-state index contributed by atoms with van der Waals surface area (Å²) in [7, 11) is 0. The number of rotatable bonds is 3. The van der Waals surface area contributed by atoms with Crippen LogP contribution >= 0.6 is 15.9 Å². The van der Waals surface area contributed by atoms with E-state index in [1.54, 1.807) is 42.5 Å². The van der Waals surface area contributed by atoms with Crippen molar-refractivity contribution in [3.63, 3.8) is 0 Å². The molecule has 3 nitrogen and oxygen atoms in total. The van der Waals surface area contributed by atoms with Crippen LogP contribution in [0.3, 0.4) is 0 Å². The lowest BCUT2D eigenvalue weighted by Crippen LogP contribution is -2.14. The van der Waals surface area contributed by atoms with Gasteiger partial charge in [-0.1, -0.05) is 34.1 Å². The fraction of sp³-hybridized carbons (Fsp3) is 0.0667. The Balaban J connectivity index is 2.29. The quantitative estimate of drug-likeness (QED) is 0.872. The number of ketones is 1. The molecule has 1 N–H and O–H groups in total. The second-order valence-electron chi connectivity index (χ2n) is 4.07. The fourth-order valence-corrected chi connectivity index (χ4v) is 2.06. The molecule has 19 heavy (non-hydrogen) atoms. The topological polar surface area (TPSA) is 46.2 Å². The first-order valence-electron chi connectivity index (χ1n) is 5.75. The zero-order chi connectivity index (χ0) is 13.8. The molecule has 1 amide bonds. The number of amides is 1. The molecule has 0 aliphatic heterocycles. The number of benzene rings is 2. The first-order valence-corrected chi connectivity index (χ1v) is 6.54. The third kappa shape index (κ3) is 3.29. The molecule has 0 saturated heterocycles. The van der Waals surface area contributed by atoms with Crippen molar-refractivity contribution in [2.45, 2.75) is 6.92 Å². The normalized spacial score (nSPS) is 10.0. The summed E-state index contributed by atoms with van der Waals surface area (Å²) in [5, 5.41) is 2.75. The molecule has 2 aromatic carbocycles. The molecule has 0 radical (unpaired) electrons. The van der Waals surface area contributed by atoms with Crippen LogP contribution in [0.2, 0.25) is 0 Å². The number of carbonyl (C=O) groups is 2. The average Bonchev–Trinajstić information content (AvgIpc) is 2.41. The highest BCUT2D eigenvalue weighted by atomic mass is 79.9. The van der Waals surface area contributed by atoms with E-state index in [1.807, 2.05) is 6.07 Å². The predicted molar refractivity (Wildman–Crippen MR) is 78.5 cm³/mol. The van der Waals surface area contributed by atoms with Crippen molar-refractivity contribution in [3.05, 3.63) is 64.1 Å². The third-order valence-electron chi connectivity index (χ3n) is 2.65. The van der Waals surface area contributed by atoms with Gasteiger partial charge >= 0.3 is 0 Å². The Morgan fingerprint density at radius 2 is 1.74 bits per heavy atom. The van der Waals surface area contributed by atoms with Crippen LogP contribution in [0.15, 0.2) is 53.0 Å². The van der Waals surface area contributed by atoms with Crippen LogP contribution in [0.4, 0.5) is 5.69 Å². The van der Waals surface area contributed by atoms with Gasteiger partial charge in [-0.2, -0.15) is 0 Å². The van der Waals surface area contributed by atoms with Gasteiger partial charge in [0.25, 0.3) is 5.91 Å². The summed E-state index contributed by atoms with van der Waals surface area (Å²) in [6.07, 6.45) is 0. The van der Waals surface area contributed by atoms with E-state index in [4.69, 9.17) is 0 Å². The van der Waals surface area contributed by atoms with Crippen LogP contribution in [-0.2, 0) is 0 Å². The molecule has 0 atom stereocenters. The van der Waals surface area contributed by atoms with Gasteiger partial charge in [0.2, 0.25) is 0 Å². The smallest absolute Gasteiger partial charge is 0.255 e. The zero-order valence-electron chi connectivity index (χ0n) is 10.3. The molecule has 2 rings (SSSR count). The highest BCUT2D eigenvalue weighted by molar-refractivity contribution is 9.10. The Morgan fingerprint density at radius 1 is 1.05 bits per heavy atom. The van der Waals surface area contributed by atoms with Gasteiger partial charge in [0.1, 0.15) is 0 Å². The second-order valence-corrected chi connectivity index (χ2v) is 4.98. The highest BCUT2D eigenvalue weighted by Gasteiger charge is 2.11. The largest absolute Gasteiger partial charge is 0.321 e. The Bertz CT molecular complexity index is 623. The summed E-state index contributed by atoms with van der Waals surface area (Å²) in [6, 6.07) is 14.1. The Kier molecular flexibility index (Phi) is 4.12. The summed E-state index contributed by atoms with van der Waals surface area (Å²) >= 11 is 3.31. The van der Waals surface area contributed by atoms with Crippen molar-refractivity contribution in [1.82, 2.24) is 0 Å². The van der Waals surface area contributed by atoms with Crippen molar-refractivity contribution in [1.29, 1.82) is 0 Å². The summed E-state index contributed by atoms with van der Waals surface area (Å²) < 4.78 is 0.801. The Morgan fingerprint density at radius 3 is 2.37 bits per heavy atom. The fourth-order valence-electron chi connectivity index (χ4n) is 1.70. The molecule has 2 aromatic rings. The van der Waals surface area contributed by atoms with E-state index in [0.29, 0.717) is 16.8 Å². The molecule has 0 aliphatic carbocycles. The molecule has 96 valence electrons. The van der Waals surface area contributed by atoms with Crippen LogP contribution < -0.4 is 5.32 Å². The number of hydrogen-bond donors (Lipinski definition) is 1. The van der Waals surface area contributed by atoms with Gasteiger partial charge in [-0.25, -0.2) is 0 Å². The Labute approximate surface area is 119 Å². The molecule has 0 aromatic heterocycles. The molecular weight excluding hydrogens is 306 g/mol. The third-order valence-corrected chi connectivity index (χ3v) is 3.14. The summed E-state index contributed by atoms with van der Waals surface area (Å²) in [6.45, 7) is 1.47. The SMILES string of the molecule is CC(=O)c1cc(Br)ccc1NC(=O)c1ccccc1. The minimum Gasteiger partial charge on any atom is -0.321 e. The van der Waals surface area contributed by atoms with E-state index >= 15 is 0 Å². The van der Waals surface area contributed by atoms with E-state index in [9.17, 15) is 9.59 Å². The molecule has 0 bridgehead atoms. The maximum atomic E-state index is 12.0. The highest BCUT2D eigenvalue weighted by Crippen LogP contribution is 2.22. The van der Waals surface area contributed by atoms with Crippen LogP contribution in [0, 0.1) is 0 Å².